The van der Waals surface area contributed by atoms with Crippen molar-refractivity contribution in [1.82, 2.24) is 5.32 Å². The molecule has 1 saturated heterocycles. The monoisotopic (exact) mass is 410 g/mol. The summed E-state index contributed by atoms with van der Waals surface area (Å²) in [5.41, 5.74) is 5.44. The standard InChI is InChI=1S/C19H24F2N4O4/c20-17(21)13-8-12(4-5-15(13)25-6-7-29-10-16(25)26)23-19(28)14(9-22)24-18(27)11-2-1-3-11/h4-5,8,11,14,17H,1-3,6-7,9-10,22H2,(H,23,28)(H,24,27)/t14-/m0/s1. The summed E-state index contributed by atoms with van der Waals surface area (Å²) < 4.78 is 32.2. The Bertz CT molecular complexity index is 785. The molecule has 3 amide bonds. The summed E-state index contributed by atoms with van der Waals surface area (Å²) in [6, 6.07) is 2.97. The van der Waals surface area contributed by atoms with Crippen LogP contribution in [-0.4, -0.2) is 50.1 Å². The van der Waals surface area contributed by atoms with E-state index < -0.39 is 24.3 Å². The molecular formula is C19H24F2N4O4. The molecule has 1 atom stereocenters. The fourth-order valence-corrected chi connectivity index (χ4v) is 3.25. The van der Waals surface area contributed by atoms with Crippen molar-refractivity contribution < 1.29 is 27.9 Å². The number of carbonyl (C=O) groups is 3. The maximum Gasteiger partial charge on any atom is 0.265 e. The number of amides is 3. The van der Waals surface area contributed by atoms with E-state index in [1.54, 1.807) is 0 Å². The molecule has 0 radical (unpaired) electrons. The van der Waals surface area contributed by atoms with Gasteiger partial charge in [-0.15, -0.1) is 0 Å². The van der Waals surface area contributed by atoms with Gasteiger partial charge in [0.15, 0.2) is 0 Å². The fraction of sp³-hybridized carbons (Fsp3) is 0.526. The lowest BCUT2D eigenvalue weighted by Crippen LogP contribution is -2.50. The molecule has 4 N–H and O–H groups in total. The van der Waals surface area contributed by atoms with E-state index in [2.05, 4.69) is 10.6 Å². The highest BCUT2D eigenvalue weighted by molar-refractivity contribution is 5.99. The van der Waals surface area contributed by atoms with Gasteiger partial charge in [-0.05, 0) is 31.0 Å². The van der Waals surface area contributed by atoms with Crippen molar-refractivity contribution >= 4 is 29.1 Å². The second-order valence-electron chi connectivity index (χ2n) is 7.09. The highest BCUT2D eigenvalue weighted by Gasteiger charge is 2.29. The molecule has 1 aromatic rings. The summed E-state index contributed by atoms with van der Waals surface area (Å²) in [5.74, 6) is -1.32. The number of morpholine rings is 1. The van der Waals surface area contributed by atoms with Crippen molar-refractivity contribution in [2.75, 3.05) is 36.5 Å². The van der Waals surface area contributed by atoms with Gasteiger partial charge in [-0.3, -0.25) is 14.4 Å². The Kier molecular flexibility index (Phi) is 6.75. The van der Waals surface area contributed by atoms with E-state index in [0.29, 0.717) is 0 Å². The number of nitrogens with two attached hydrogens (primary N) is 1. The molecule has 0 aromatic heterocycles. The van der Waals surface area contributed by atoms with Crippen molar-refractivity contribution in [3.05, 3.63) is 23.8 Å². The molecule has 1 heterocycles. The fourth-order valence-electron chi connectivity index (χ4n) is 3.25. The van der Waals surface area contributed by atoms with E-state index in [1.165, 1.54) is 17.0 Å². The van der Waals surface area contributed by atoms with Crippen LogP contribution in [0.5, 0.6) is 0 Å². The topological polar surface area (TPSA) is 114 Å². The summed E-state index contributed by atoms with van der Waals surface area (Å²) >= 11 is 0. The van der Waals surface area contributed by atoms with Crippen molar-refractivity contribution in [1.29, 1.82) is 0 Å². The molecule has 8 nitrogen and oxygen atoms in total. The Labute approximate surface area is 166 Å². The van der Waals surface area contributed by atoms with Crippen LogP contribution in [0.3, 0.4) is 0 Å². The first kappa shape index (κ1) is 21.1. The van der Waals surface area contributed by atoms with Crippen LogP contribution in [0.4, 0.5) is 20.2 Å². The molecule has 29 heavy (non-hydrogen) atoms. The zero-order valence-corrected chi connectivity index (χ0v) is 15.8. The Hall–Kier alpha value is -2.59. The van der Waals surface area contributed by atoms with Gasteiger partial charge in [0.05, 0.1) is 12.3 Å². The third-order valence-corrected chi connectivity index (χ3v) is 5.15. The number of carbonyl (C=O) groups excluding carboxylic acids is 3. The molecule has 1 aliphatic carbocycles. The number of nitrogens with zero attached hydrogens (tertiary/aromatic N) is 1. The minimum absolute atomic E-state index is 0.0833. The lowest BCUT2D eigenvalue weighted by Gasteiger charge is -2.29. The third kappa shape index (κ3) is 4.88. The molecule has 2 fully saturated rings. The van der Waals surface area contributed by atoms with Gasteiger partial charge in [0.1, 0.15) is 12.6 Å². The van der Waals surface area contributed by atoms with Crippen LogP contribution in [-0.2, 0) is 19.1 Å². The number of benzene rings is 1. The average Bonchev–Trinajstić information content (AvgIpc) is 2.65. The van der Waals surface area contributed by atoms with Crippen LogP contribution in [0.25, 0.3) is 0 Å². The Balaban J connectivity index is 1.72. The predicted octanol–water partition coefficient (Wildman–Crippen LogP) is 1.17. The first-order chi connectivity index (χ1) is 13.9. The molecule has 0 bridgehead atoms. The van der Waals surface area contributed by atoms with Gasteiger partial charge in [0.25, 0.3) is 12.3 Å². The first-order valence-corrected chi connectivity index (χ1v) is 9.52. The minimum atomic E-state index is -2.85. The third-order valence-electron chi connectivity index (χ3n) is 5.15. The van der Waals surface area contributed by atoms with E-state index in [1.807, 2.05) is 0 Å². The molecule has 2 aliphatic rings. The predicted molar refractivity (Wildman–Crippen MR) is 102 cm³/mol. The number of hydrogen-bond acceptors (Lipinski definition) is 5. The Morgan fingerprint density at radius 2 is 2.07 bits per heavy atom. The second kappa shape index (κ2) is 9.27. The number of anilines is 2. The first-order valence-electron chi connectivity index (χ1n) is 9.52. The van der Waals surface area contributed by atoms with Crippen LogP contribution in [0.2, 0.25) is 0 Å². The molecule has 1 aromatic carbocycles. The number of ether oxygens (including phenoxy) is 1. The molecule has 1 aliphatic heterocycles. The number of alkyl halides is 2. The van der Waals surface area contributed by atoms with Crippen molar-refractivity contribution in [3.8, 4) is 0 Å². The zero-order valence-electron chi connectivity index (χ0n) is 15.8. The van der Waals surface area contributed by atoms with Gasteiger partial charge in [-0.2, -0.15) is 0 Å². The quantitative estimate of drug-likeness (QED) is 0.625. The van der Waals surface area contributed by atoms with Gasteiger partial charge in [-0.1, -0.05) is 6.42 Å². The molecule has 0 spiro atoms. The van der Waals surface area contributed by atoms with Crippen LogP contribution >= 0.6 is 0 Å². The van der Waals surface area contributed by atoms with Crippen LogP contribution < -0.4 is 21.3 Å². The molecule has 10 heteroatoms. The summed E-state index contributed by atoms with van der Waals surface area (Å²) in [7, 11) is 0. The molecule has 0 unspecified atom stereocenters. The lowest BCUT2D eigenvalue weighted by molar-refractivity contribution is -0.131. The molecule has 1 saturated carbocycles. The van der Waals surface area contributed by atoms with E-state index in [-0.39, 0.29) is 55.1 Å². The molecular weight excluding hydrogens is 386 g/mol. The number of rotatable bonds is 7. The van der Waals surface area contributed by atoms with Crippen LogP contribution in [0, 0.1) is 5.92 Å². The van der Waals surface area contributed by atoms with Gasteiger partial charge < -0.3 is 26.0 Å². The SMILES string of the molecule is NC[C@H](NC(=O)C1CCC1)C(=O)Nc1ccc(N2CCOCC2=O)c(C(F)F)c1. The van der Waals surface area contributed by atoms with Crippen LogP contribution in [0.1, 0.15) is 31.3 Å². The summed E-state index contributed by atoms with van der Waals surface area (Å²) in [5, 5.41) is 5.12. The highest BCUT2D eigenvalue weighted by Crippen LogP contribution is 2.33. The van der Waals surface area contributed by atoms with Gasteiger partial charge >= 0.3 is 0 Å². The van der Waals surface area contributed by atoms with Crippen molar-refractivity contribution in [2.24, 2.45) is 11.7 Å². The smallest absolute Gasteiger partial charge is 0.265 e. The maximum atomic E-state index is 13.6. The largest absolute Gasteiger partial charge is 0.370 e. The second-order valence-corrected chi connectivity index (χ2v) is 7.09. The molecule has 3 rings (SSSR count). The summed E-state index contributed by atoms with van der Waals surface area (Å²) in [6.45, 7) is 0.144. The minimum Gasteiger partial charge on any atom is -0.370 e. The summed E-state index contributed by atoms with van der Waals surface area (Å²) in [4.78, 5) is 37.7. The lowest BCUT2D eigenvalue weighted by atomic mass is 9.84. The van der Waals surface area contributed by atoms with Gasteiger partial charge in [0, 0.05) is 30.3 Å². The number of hydrogen-bond donors (Lipinski definition) is 3. The van der Waals surface area contributed by atoms with Crippen LogP contribution in [0.15, 0.2) is 18.2 Å². The zero-order chi connectivity index (χ0) is 21.0. The maximum absolute atomic E-state index is 13.6. The summed E-state index contributed by atoms with van der Waals surface area (Å²) in [6.07, 6.45) is -0.304. The van der Waals surface area contributed by atoms with E-state index >= 15 is 0 Å². The van der Waals surface area contributed by atoms with Gasteiger partial charge in [-0.25, -0.2) is 8.78 Å². The van der Waals surface area contributed by atoms with E-state index in [9.17, 15) is 23.2 Å². The average molecular weight is 410 g/mol. The van der Waals surface area contributed by atoms with Gasteiger partial charge in [0.2, 0.25) is 11.8 Å². The normalized spacial score (nSPS) is 18.3. The number of halogens is 2. The highest BCUT2D eigenvalue weighted by atomic mass is 19.3. The molecule has 158 valence electrons. The van der Waals surface area contributed by atoms with E-state index in [4.69, 9.17) is 10.5 Å². The van der Waals surface area contributed by atoms with Crippen molar-refractivity contribution in [2.45, 2.75) is 31.7 Å². The Morgan fingerprint density at radius 1 is 1.31 bits per heavy atom. The van der Waals surface area contributed by atoms with Crippen molar-refractivity contribution in [3.63, 3.8) is 0 Å². The van der Waals surface area contributed by atoms with E-state index in [0.717, 1.165) is 25.3 Å². The Morgan fingerprint density at radius 3 is 2.66 bits per heavy atom. The number of nitrogens with one attached hydrogen (secondary N) is 2.